The summed E-state index contributed by atoms with van der Waals surface area (Å²) in [6.45, 7) is 2.14. The number of sulfonamides is 1. The maximum Gasteiger partial charge on any atom is 0.323 e. The summed E-state index contributed by atoms with van der Waals surface area (Å²) in [7, 11) is -2.10. The zero-order valence-corrected chi connectivity index (χ0v) is 17.0. The smallest absolute Gasteiger partial charge is 0.323 e. The second-order valence-corrected chi connectivity index (χ2v) is 8.94. The SMILES string of the molecule is COc1ccc([C@H](CNS(=O)(=O)c2ccc3[nH]c(=O)[nH]c3c2)N2CCCC2)cc1. The number of fused-ring (bicyclic) bond motifs is 1. The zero-order valence-electron chi connectivity index (χ0n) is 16.1. The number of H-pyrrole nitrogens is 2. The Morgan fingerprint density at radius 1 is 1.07 bits per heavy atom. The maximum atomic E-state index is 12.9. The van der Waals surface area contributed by atoms with Gasteiger partial charge in [0, 0.05) is 12.6 Å². The number of benzene rings is 2. The molecule has 0 bridgehead atoms. The molecule has 1 aliphatic rings. The summed E-state index contributed by atoms with van der Waals surface area (Å²) in [4.78, 5) is 19.1. The largest absolute Gasteiger partial charge is 0.497 e. The molecule has 1 aliphatic heterocycles. The van der Waals surface area contributed by atoms with Crippen LogP contribution >= 0.6 is 0 Å². The normalized spacial score (nSPS) is 16.3. The molecule has 1 atom stereocenters. The van der Waals surface area contributed by atoms with E-state index in [2.05, 4.69) is 19.6 Å². The summed E-state index contributed by atoms with van der Waals surface area (Å²) >= 11 is 0. The number of nitrogens with zero attached hydrogens (tertiary/aromatic N) is 1. The van der Waals surface area contributed by atoms with Gasteiger partial charge in [-0.1, -0.05) is 12.1 Å². The number of rotatable bonds is 7. The van der Waals surface area contributed by atoms with Crippen LogP contribution in [0, 0.1) is 0 Å². The number of imidazole rings is 1. The minimum atomic E-state index is -3.73. The molecule has 0 radical (unpaired) electrons. The van der Waals surface area contributed by atoms with E-state index in [1.54, 1.807) is 13.2 Å². The first kappa shape index (κ1) is 19.7. The Kier molecular flexibility index (Phi) is 5.44. The van der Waals surface area contributed by atoms with Gasteiger partial charge in [-0.25, -0.2) is 17.9 Å². The second-order valence-electron chi connectivity index (χ2n) is 7.17. The van der Waals surface area contributed by atoms with Crippen molar-refractivity contribution in [1.29, 1.82) is 0 Å². The molecule has 0 amide bonds. The molecule has 0 aliphatic carbocycles. The van der Waals surface area contributed by atoms with Crippen LogP contribution in [-0.2, 0) is 10.0 Å². The molecule has 4 rings (SSSR count). The highest BCUT2D eigenvalue weighted by Crippen LogP contribution is 2.27. The van der Waals surface area contributed by atoms with Gasteiger partial charge in [-0.15, -0.1) is 0 Å². The van der Waals surface area contributed by atoms with Gasteiger partial charge in [0.25, 0.3) is 0 Å². The van der Waals surface area contributed by atoms with E-state index in [1.165, 1.54) is 12.1 Å². The molecule has 3 N–H and O–H groups in total. The molecule has 2 aromatic carbocycles. The molecule has 29 heavy (non-hydrogen) atoms. The third kappa shape index (κ3) is 4.21. The Bertz CT molecular complexity index is 1150. The van der Waals surface area contributed by atoms with Crippen molar-refractivity contribution in [2.45, 2.75) is 23.8 Å². The monoisotopic (exact) mass is 416 g/mol. The number of ether oxygens (including phenoxy) is 1. The molecule has 0 saturated carbocycles. The lowest BCUT2D eigenvalue weighted by Gasteiger charge is -2.28. The highest BCUT2D eigenvalue weighted by Gasteiger charge is 2.26. The Labute approximate surface area is 168 Å². The van der Waals surface area contributed by atoms with Crippen LogP contribution in [0.5, 0.6) is 5.75 Å². The van der Waals surface area contributed by atoms with Crippen molar-refractivity contribution in [3.63, 3.8) is 0 Å². The van der Waals surface area contributed by atoms with E-state index < -0.39 is 10.0 Å². The van der Waals surface area contributed by atoms with E-state index in [4.69, 9.17) is 4.74 Å². The highest BCUT2D eigenvalue weighted by molar-refractivity contribution is 7.89. The predicted molar refractivity (Wildman–Crippen MR) is 111 cm³/mol. The predicted octanol–water partition coefficient (Wildman–Crippen LogP) is 1.98. The number of methoxy groups -OCH3 is 1. The van der Waals surface area contributed by atoms with E-state index in [9.17, 15) is 13.2 Å². The summed E-state index contributed by atoms with van der Waals surface area (Å²) < 4.78 is 33.7. The van der Waals surface area contributed by atoms with Crippen molar-refractivity contribution < 1.29 is 13.2 Å². The van der Waals surface area contributed by atoms with Crippen molar-refractivity contribution in [2.24, 2.45) is 0 Å². The third-order valence-corrected chi connectivity index (χ3v) is 6.77. The number of hydrogen-bond acceptors (Lipinski definition) is 5. The Hall–Kier alpha value is -2.62. The van der Waals surface area contributed by atoms with Gasteiger partial charge in [0.1, 0.15) is 5.75 Å². The van der Waals surface area contributed by atoms with Gasteiger partial charge in [-0.05, 0) is 61.8 Å². The van der Waals surface area contributed by atoms with Crippen LogP contribution in [0.25, 0.3) is 11.0 Å². The van der Waals surface area contributed by atoms with E-state index in [0.717, 1.165) is 37.2 Å². The molecule has 2 heterocycles. The molecular weight excluding hydrogens is 392 g/mol. The van der Waals surface area contributed by atoms with Crippen molar-refractivity contribution in [3.05, 3.63) is 58.5 Å². The Morgan fingerprint density at radius 3 is 2.45 bits per heavy atom. The van der Waals surface area contributed by atoms with Gasteiger partial charge in [0.2, 0.25) is 10.0 Å². The van der Waals surface area contributed by atoms with Gasteiger partial charge < -0.3 is 14.7 Å². The van der Waals surface area contributed by atoms with Crippen LogP contribution in [0.4, 0.5) is 0 Å². The fourth-order valence-corrected chi connectivity index (χ4v) is 4.85. The van der Waals surface area contributed by atoms with E-state index in [0.29, 0.717) is 11.0 Å². The molecule has 154 valence electrons. The summed E-state index contributed by atoms with van der Waals surface area (Å²) in [5.41, 5.74) is 1.71. The summed E-state index contributed by atoms with van der Waals surface area (Å²) in [5.74, 6) is 0.767. The Balaban J connectivity index is 1.56. The van der Waals surface area contributed by atoms with Crippen LogP contribution in [-0.4, -0.2) is 50.0 Å². The fraction of sp³-hybridized carbons (Fsp3) is 0.350. The average molecular weight is 417 g/mol. The maximum absolute atomic E-state index is 12.9. The van der Waals surface area contributed by atoms with Gasteiger partial charge in [-0.2, -0.15) is 0 Å². The van der Waals surface area contributed by atoms with Crippen LogP contribution in [0.2, 0.25) is 0 Å². The van der Waals surface area contributed by atoms with Crippen LogP contribution in [0.15, 0.2) is 52.2 Å². The quantitative estimate of drug-likeness (QED) is 0.546. The van der Waals surface area contributed by atoms with Crippen LogP contribution < -0.4 is 15.1 Å². The van der Waals surface area contributed by atoms with E-state index >= 15 is 0 Å². The number of nitrogens with one attached hydrogen (secondary N) is 3. The molecule has 9 heteroatoms. The Morgan fingerprint density at radius 2 is 1.76 bits per heavy atom. The standard InChI is InChI=1S/C20H24N4O4S/c1-28-15-6-4-14(5-7-15)19(24-10-2-3-11-24)13-21-29(26,27)16-8-9-17-18(12-16)23-20(25)22-17/h4-9,12,19,21H,2-3,10-11,13H2,1H3,(H2,22,23,25)/t19-/m0/s1. The lowest BCUT2D eigenvalue weighted by molar-refractivity contribution is 0.246. The molecule has 0 unspecified atom stereocenters. The van der Waals surface area contributed by atoms with Crippen molar-refractivity contribution >= 4 is 21.1 Å². The highest BCUT2D eigenvalue weighted by atomic mass is 32.2. The molecule has 0 spiro atoms. The van der Waals surface area contributed by atoms with Gasteiger partial charge >= 0.3 is 5.69 Å². The molecule has 3 aromatic rings. The first-order chi connectivity index (χ1) is 14.0. The lowest BCUT2D eigenvalue weighted by atomic mass is 10.1. The van der Waals surface area contributed by atoms with Gasteiger partial charge in [0.05, 0.1) is 23.0 Å². The number of aromatic amines is 2. The second kappa shape index (κ2) is 8.02. The third-order valence-electron chi connectivity index (χ3n) is 5.35. The first-order valence-electron chi connectivity index (χ1n) is 9.56. The van der Waals surface area contributed by atoms with Gasteiger partial charge in [0.15, 0.2) is 0 Å². The van der Waals surface area contributed by atoms with Crippen LogP contribution in [0.1, 0.15) is 24.4 Å². The van der Waals surface area contributed by atoms with Crippen molar-refractivity contribution in [2.75, 3.05) is 26.7 Å². The zero-order chi connectivity index (χ0) is 20.4. The van der Waals surface area contributed by atoms with Crippen molar-refractivity contribution in [1.82, 2.24) is 19.6 Å². The van der Waals surface area contributed by atoms with Crippen molar-refractivity contribution in [3.8, 4) is 5.75 Å². The molecule has 1 saturated heterocycles. The van der Waals surface area contributed by atoms with Gasteiger partial charge in [-0.3, -0.25) is 4.90 Å². The number of aromatic nitrogens is 2. The van der Waals surface area contributed by atoms with E-state index in [1.807, 2.05) is 24.3 Å². The minimum Gasteiger partial charge on any atom is -0.497 e. The summed E-state index contributed by atoms with van der Waals surface area (Å²) in [6.07, 6.45) is 2.22. The lowest BCUT2D eigenvalue weighted by Crippen LogP contribution is -2.36. The summed E-state index contributed by atoms with van der Waals surface area (Å²) in [5, 5.41) is 0. The number of likely N-dealkylation sites (tertiary alicyclic amines) is 1. The topological polar surface area (TPSA) is 107 Å². The van der Waals surface area contributed by atoms with E-state index in [-0.39, 0.29) is 23.2 Å². The van der Waals surface area contributed by atoms with Crippen LogP contribution in [0.3, 0.4) is 0 Å². The fourth-order valence-electron chi connectivity index (χ4n) is 3.79. The minimum absolute atomic E-state index is 0.0611. The molecule has 8 nitrogen and oxygen atoms in total. The first-order valence-corrected chi connectivity index (χ1v) is 11.0. The molecular formula is C20H24N4O4S. The number of hydrogen-bond donors (Lipinski definition) is 3. The molecule has 1 aromatic heterocycles. The summed E-state index contributed by atoms with van der Waals surface area (Å²) in [6, 6.07) is 12.2. The molecule has 1 fully saturated rings. The average Bonchev–Trinajstić information content (AvgIpc) is 3.37.